The van der Waals surface area contributed by atoms with Crippen molar-refractivity contribution in [2.75, 3.05) is 45.6 Å². The van der Waals surface area contributed by atoms with Crippen LogP contribution in [0, 0.1) is 0 Å². The number of hydrogen-bond acceptors (Lipinski definition) is 5. The number of piperazine rings is 1. The summed E-state index contributed by atoms with van der Waals surface area (Å²) in [6.07, 6.45) is 0. The van der Waals surface area contributed by atoms with Crippen LogP contribution in [0.1, 0.15) is 6.92 Å². The number of methoxy groups -OCH3 is 1. The highest BCUT2D eigenvalue weighted by Gasteiger charge is 2.28. The number of anilines is 1. The Morgan fingerprint density at radius 2 is 1.90 bits per heavy atom. The number of sulfonamides is 1. The normalized spacial score (nSPS) is 18.1. The molecular formula is C13H21N3O3S. The summed E-state index contributed by atoms with van der Waals surface area (Å²) in [6.45, 7) is 5.59. The van der Waals surface area contributed by atoms with Crippen LogP contribution in [0.2, 0.25) is 0 Å². The molecule has 0 atom stereocenters. The third-order valence-corrected chi connectivity index (χ3v) is 5.52. The van der Waals surface area contributed by atoms with E-state index in [0.717, 1.165) is 19.6 Å². The van der Waals surface area contributed by atoms with Gasteiger partial charge in [-0.1, -0.05) is 6.92 Å². The van der Waals surface area contributed by atoms with Crippen LogP contribution in [0.4, 0.5) is 5.69 Å². The first kappa shape index (κ1) is 15.1. The molecule has 0 spiro atoms. The van der Waals surface area contributed by atoms with Crippen LogP contribution in [-0.4, -0.2) is 57.5 Å². The zero-order valence-electron chi connectivity index (χ0n) is 11.9. The second kappa shape index (κ2) is 5.99. The van der Waals surface area contributed by atoms with Gasteiger partial charge < -0.3 is 15.4 Å². The third-order valence-electron chi connectivity index (χ3n) is 3.62. The number of likely N-dealkylation sites (N-methyl/N-ethyl adjacent to an activating group) is 1. The van der Waals surface area contributed by atoms with E-state index >= 15 is 0 Å². The zero-order chi connectivity index (χ0) is 14.8. The summed E-state index contributed by atoms with van der Waals surface area (Å²) >= 11 is 0. The van der Waals surface area contributed by atoms with Crippen molar-refractivity contribution in [1.82, 2.24) is 9.21 Å². The lowest BCUT2D eigenvalue weighted by Gasteiger charge is -2.33. The fraction of sp³-hybridized carbons (Fsp3) is 0.538. The van der Waals surface area contributed by atoms with Gasteiger partial charge in [-0.05, 0) is 18.7 Å². The number of nitrogen functional groups attached to an aromatic ring is 1. The smallest absolute Gasteiger partial charge is 0.243 e. The Morgan fingerprint density at radius 1 is 1.25 bits per heavy atom. The summed E-state index contributed by atoms with van der Waals surface area (Å²) in [6, 6.07) is 4.57. The van der Waals surface area contributed by atoms with Gasteiger partial charge in [0, 0.05) is 32.2 Å². The van der Waals surface area contributed by atoms with Gasteiger partial charge in [-0.25, -0.2) is 8.42 Å². The van der Waals surface area contributed by atoms with Crippen LogP contribution >= 0.6 is 0 Å². The van der Waals surface area contributed by atoms with Crippen LogP contribution in [-0.2, 0) is 10.0 Å². The first-order valence-corrected chi connectivity index (χ1v) is 8.09. The van der Waals surface area contributed by atoms with Gasteiger partial charge in [-0.15, -0.1) is 0 Å². The quantitative estimate of drug-likeness (QED) is 0.824. The first-order valence-electron chi connectivity index (χ1n) is 6.65. The molecular weight excluding hydrogens is 278 g/mol. The molecule has 0 radical (unpaired) electrons. The SMILES string of the molecule is CCN1CCN(S(=O)(=O)c2ccc(N)c(OC)c2)CC1. The number of nitrogens with two attached hydrogens (primary N) is 1. The summed E-state index contributed by atoms with van der Waals surface area (Å²) in [5.74, 6) is 0.387. The van der Waals surface area contributed by atoms with E-state index in [4.69, 9.17) is 10.5 Å². The Kier molecular flexibility index (Phi) is 4.52. The van der Waals surface area contributed by atoms with Gasteiger partial charge in [0.05, 0.1) is 17.7 Å². The number of hydrogen-bond donors (Lipinski definition) is 1. The summed E-state index contributed by atoms with van der Waals surface area (Å²) < 4.78 is 31.7. The van der Waals surface area contributed by atoms with Crippen molar-refractivity contribution < 1.29 is 13.2 Å². The molecule has 0 saturated carbocycles. The van der Waals surface area contributed by atoms with Crippen molar-refractivity contribution in [2.24, 2.45) is 0 Å². The molecule has 20 heavy (non-hydrogen) atoms. The maximum atomic E-state index is 12.6. The minimum Gasteiger partial charge on any atom is -0.495 e. The lowest BCUT2D eigenvalue weighted by molar-refractivity contribution is 0.196. The van der Waals surface area contributed by atoms with Crippen molar-refractivity contribution in [3.63, 3.8) is 0 Å². The molecule has 2 N–H and O–H groups in total. The lowest BCUT2D eigenvalue weighted by Crippen LogP contribution is -2.48. The minimum absolute atomic E-state index is 0.230. The molecule has 0 bridgehead atoms. The molecule has 0 unspecified atom stereocenters. The molecule has 7 heteroatoms. The number of ether oxygens (including phenoxy) is 1. The molecule has 6 nitrogen and oxygen atoms in total. The highest BCUT2D eigenvalue weighted by atomic mass is 32.2. The second-order valence-electron chi connectivity index (χ2n) is 4.74. The highest BCUT2D eigenvalue weighted by molar-refractivity contribution is 7.89. The molecule has 1 aliphatic heterocycles. The highest BCUT2D eigenvalue weighted by Crippen LogP contribution is 2.27. The van der Waals surface area contributed by atoms with Gasteiger partial charge in [0.25, 0.3) is 0 Å². The molecule has 1 aliphatic rings. The Hall–Kier alpha value is -1.31. The van der Waals surface area contributed by atoms with Crippen molar-refractivity contribution >= 4 is 15.7 Å². The fourth-order valence-electron chi connectivity index (χ4n) is 2.29. The molecule has 1 aromatic carbocycles. The molecule has 1 heterocycles. The number of benzene rings is 1. The Balaban J connectivity index is 2.22. The van der Waals surface area contributed by atoms with E-state index in [1.807, 2.05) is 0 Å². The number of nitrogens with zero attached hydrogens (tertiary/aromatic N) is 2. The van der Waals surface area contributed by atoms with Crippen LogP contribution < -0.4 is 10.5 Å². The van der Waals surface area contributed by atoms with Crippen LogP contribution in [0.5, 0.6) is 5.75 Å². The average molecular weight is 299 g/mol. The maximum Gasteiger partial charge on any atom is 0.243 e. The average Bonchev–Trinajstić information content (AvgIpc) is 2.47. The van der Waals surface area contributed by atoms with E-state index in [-0.39, 0.29) is 4.90 Å². The topological polar surface area (TPSA) is 75.9 Å². The van der Waals surface area contributed by atoms with E-state index in [1.54, 1.807) is 6.07 Å². The predicted octanol–water partition coefficient (Wildman–Crippen LogP) is 0.604. The van der Waals surface area contributed by atoms with Crippen LogP contribution in [0.15, 0.2) is 23.1 Å². The van der Waals surface area contributed by atoms with Gasteiger partial charge in [0.1, 0.15) is 5.75 Å². The summed E-state index contributed by atoms with van der Waals surface area (Å²) in [4.78, 5) is 2.46. The van der Waals surface area contributed by atoms with Gasteiger partial charge in [-0.2, -0.15) is 4.31 Å². The molecule has 0 aliphatic carbocycles. The number of rotatable bonds is 4. The standard InChI is InChI=1S/C13H21N3O3S/c1-3-15-6-8-16(9-7-15)20(17,18)11-4-5-12(14)13(10-11)19-2/h4-5,10H,3,6-9,14H2,1-2H3. The fourth-order valence-corrected chi connectivity index (χ4v) is 3.73. The maximum absolute atomic E-state index is 12.6. The largest absolute Gasteiger partial charge is 0.495 e. The van der Waals surface area contributed by atoms with E-state index in [1.165, 1.54) is 23.5 Å². The molecule has 1 saturated heterocycles. The van der Waals surface area contributed by atoms with Crippen molar-refractivity contribution in [2.45, 2.75) is 11.8 Å². The molecule has 112 valence electrons. The first-order chi connectivity index (χ1) is 9.48. The molecule has 0 amide bonds. The molecule has 1 aromatic rings. The predicted molar refractivity (Wildman–Crippen MR) is 78.3 cm³/mol. The van der Waals surface area contributed by atoms with E-state index < -0.39 is 10.0 Å². The lowest BCUT2D eigenvalue weighted by atomic mass is 10.3. The van der Waals surface area contributed by atoms with Gasteiger partial charge in [0.15, 0.2) is 0 Å². The van der Waals surface area contributed by atoms with E-state index in [0.29, 0.717) is 24.5 Å². The minimum atomic E-state index is -3.47. The monoisotopic (exact) mass is 299 g/mol. The van der Waals surface area contributed by atoms with Crippen molar-refractivity contribution in [1.29, 1.82) is 0 Å². The van der Waals surface area contributed by atoms with Crippen molar-refractivity contribution in [3.05, 3.63) is 18.2 Å². The van der Waals surface area contributed by atoms with Crippen molar-refractivity contribution in [3.8, 4) is 5.75 Å². The summed E-state index contributed by atoms with van der Waals surface area (Å²) in [5.41, 5.74) is 6.15. The molecule has 0 aromatic heterocycles. The van der Waals surface area contributed by atoms with Crippen LogP contribution in [0.3, 0.4) is 0 Å². The Morgan fingerprint density at radius 3 is 2.45 bits per heavy atom. The van der Waals surface area contributed by atoms with E-state index in [2.05, 4.69) is 11.8 Å². The van der Waals surface area contributed by atoms with Gasteiger partial charge in [0.2, 0.25) is 10.0 Å². The summed E-state index contributed by atoms with van der Waals surface area (Å²) in [7, 11) is -2.00. The second-order valence-corrected chi connectivity index (χ2v) is 6.68. The third kappa shape index (κ3) is 2.89. The Bertz CT molecular complexity index is 566. The van der Waals surface area contributed by atoms with Gasteiger partial charge >= 0.3 is 0 Å². The van der Waals surface area contributed by atoms with E-state index in [9.17, 15) is 8.42 Å². The molecule has 1 fully saturated rings. The Labute approximate surface area is 120 Å². The summed E-state index contributed by atoms with van der Waals surface area (Å²) in [5, 5.41) is 0. The molecule has 2 rings (SSSR count). The van der Waals surface area contributed by atoms with Crippen LogP contribution in [0.25, 0.3) is 0 Å². The zero-order valence-corrected chi connectivity index (χ0v) is 12.7. The van der Waals surface area contributed by atoms with Gasteiger partial charge in [-0.3, -0.25) is 0 Å².